The number of aromatic nitrogens is 2. The van der Waals surface area contributed by atoms with Crippen LogP contribution in [0.4, 0.5) is 0 Å². The lowest BCUT2D eigenvalue weighted by Gasteiger charge is -2.06. The Morgan fingerprint density at radius 1 is 1.68 bits per heavy atom. The second-order valence-electron chi connectivity index (χ2n) is 3.78. The van der Waals surface area contributed by atoms with Gasteiger partial charge in [0.15, 0.2) is 5.16 Å². The molecule has 0 unspecified atom stereocenters. The van der Waals surface area contributed by atoms with E-state index in [9.17, 15) is 9.59 Å². The van der Waals surface area contributed by atoms with Crippen LogP contribution in [0, 0.1) is 0 Å². The molecule has 0 fully saturated rings. The van der Waals surface area contributed by atoms with Crippen molar-refractivity contribution in [3.8, 4) is 0 Å². The van der Waals surface area contributed by atoms with Crippen LogP contribution in [0.25, 0.3) is 10.2 Å². The number of nitrogens with zero attached hydrogens (tertiary/aromatic N) is 2. The van der Waals surface area contributed by atoms with Crippen LogP contribution in [-0.2, 0) is 11.8 Å². The van der Waals surface area contributed by atoms with E-state index >= 15 is 0 Å². The number of carbonyl (C=O) groups is 1. The average molecular weight is 295 g/mol. The van der Waals surface area contributed by atoms with E-state index in [0.717, 1.165) is 0 Å². The third-order valence-corrected chi connectivity index (χ3v) is 4.28. The molecule has 1 amide bonds. The molecule has 0 radical (unpaired) electrons. The van der Waals surface area contributed by atoms with Crippen LogP contribution in [0.15, 0.2) is 34.1 Å². The van der Waals surface area contributed by atoms with E-state index in [1.165, 1.54) is 27.7 Å². The van der Waals surface area contributed by atoms with Gasteiger partial charge in [-0.1, -0.05) is 17.8 Å². The Bertz CT molecular complexity index is 675. The van der Waals surface area contributed by atoms with E-state index in [4.69, 9.17) is 0 Å². The van der Waals surface area contributed by atoms with E-state index in [-0.39, 0.29) is 17.2 Å². The first-order chi connectivity index (χ1) is 9.13. The number of thiophene rings is 1. The molecule has 19 heavy (non-hydrogen) atoms. The standard InChI is InChI=1S/C12H13N3O2S2/c1-3-5-13-9(16)7-19-12-14-10-8(4-6-18-10)11(17)15(12)2/h3-4,6H,1,5,7H2,2H3,(H,13,16). The normalized spacial score (nSPS) is 10.6. The minimum atomic E-state index is -0.106. The first-order valence-electron chi connectivity index (χ1n) is 5.58. The van der Waals surface area contributed by atoms with Gasteiger partial charge in [0, 0.05) is 13.6 Å². The third kappa shape index (κ3) is 3.05. The fourth-order valence-corrected chi connectivity index (χ4v) is 3.08. The van der Waals surface area contributed by atoms with Crippen molar-refractivity contribution in [2.75, 3.05) is 12.3 Å². The molecule has 5 nitrogen and oxygen atoms in total. The molecule has 1 N–H and O–H groups in total. The molecular formula is C12H13N3O2S2. The molecule has 0 saturated heterocycles. The number of hydrogen-bond acceptors (Lipinski definition) is 5. The summed E-state index contributed by atoms with van der Waals surface area (Å²) in [4.78, 5) is 28.6. The molecule has 0 spiro atoms. The average Bonchev–Trinajstić information content (AvgIpc) is 2.87. The molecule has 2 aromatic heterocycles. The van der Waals surface area contributed by atoms with Gasteiger partial charge in [0.2, 0.25) is 5.91 Å². The summed E-state index contributed by atoms with van der Waals surface area (Å²) < 4.78 is 1.47. The third-order valence-electron chi connectivity index (χ3n) is 2.44. The summed E-state index contributed by atoms with van der Waals surface area (Å²) in [6.07, 6.45) is 1.62. The predicted molar refractivity (Wildman–Crippen MR) is 78.8 cm³/mol. The van der Waals surface area contributed by atoms with Gasteiger partial charge < -0.3 is 5.32 Å². The molecule has 7 heteroatoms. The highest BCUT2D eigenvalue weighted by Gasteiger charge is 2.11. The van der Waals surface area contributed by atoms with Crippen molar-refractivity contribution in [2.45, 2.75) is 5.16 Å². The number of carbonyl (C=O) groups excluding carboxylic acids is 1. The van der Waals surface area contributed by atoms with Crippen LogP contribution in [0.5, 0.6) is 0 Å². The highest BCUT2D eigenvalue weighted by Crippen LogP contribution is 2.20. The minimum absolute atomic E-state index is 0.0831. The molecule has 0 bridgehead atoms. The van der Waals surface area contributed by atoms with Crippen LogP contribution >= 0.6 is 23.1 Å². The Labute approximate surface area is 118 Å². The van der Waals surface area contributed by atoms with Crippen molar-refractivity contribution in [3.05, 3.63) is 34.5 Å². The fraction of sp³-hybridized carbons (Fsp3) is 0.250. The van der Waals surface area contributed by atoms with Gasteiger partial charge >= 0.3 is 0 Å². The Hall–Kier alpha value is -1.60. The topological polar surface area (TPSA) is 64.0 Å². The SMILES string of the molecule is C=CCNC(=O)CSc1nc2sccc2c(=O)n1C. The molecule has 2 heterocycles. The second kappa shape index (κ2) is 6.03. The summed E-state index contributed by atoms with van der Waals surface area (Å²) in [7, 11) is 1.66. The lowest BCUT2D eigenvalue weighted by atomic mass is 10.4. The molecule has 100 valence electrons. The number of hydrogen-bond donors (Lipinski definition) is 1. The van der Waals surface area contributed by atoms with Gasteiger partial charge in [-0.15, -0.1) is 17.9 Å². The zero-order valence-electron chi connectivity index (χ0n) is 10.4. The molecule has 0 aromatic carbocycles. The number of fused-ring (bicyclic) bond motifs is 1. The quantitative estimate of drug-likeness (QED) is 0.514. The molecule has 2 rings (SSSR count). The van der Waals surface area contributed by atoms with E-state index in [2.05, 4.69) is 16.9 Å². The lowest BCUT2D eigenvalue weighted by Crippen LogP contribution is -2.26. The van der Waals surface area contributed by atoms with Crippen LogP contribution in [0.2, 0.25) is 0 Å². The second-order valence-corrected chi connectivity index (χ2v) is 5.62. The summed E-state index contributed by atoms with van der Waals surface area (Å²) in [5, 5.41) is 5.68. The van der Waals surface area contributed by atoms with Crippen LogP contribution in [0.3, 0.4) is 0 Å². The zero-order chi connectivity index (χ0) is 13.8. The summed E-state index contributed by atoms with van der Waals surface area (Å²) in [6.45, 7) is 3.97. The van der Waals surface area contributed by atoms with E-state index in [0.29, 0.717) is 21.9 Å². The Morgan fingerprint density at radius 3 is 3.21 bits per heavy atom. The van der Waals surface area contributed by atoms with E-state index in [1.807, 2.05) is 5.38 Å². The number of rotatable bonds is 5. The summed E-state index contributed by atoms with van der Waals surface area (Å²) >= 11 is 2.67. The largest absolute Gasteiger partial charge is 0.352 e. The van der Waals surface area contributed by atoms with Crippen LogP contribution in [-0.4, -0.2) is 27.8 Å². The van der Waals surface area contributed by atoms with Crippen molar-refractivity contribution in [2.24, 2.45) is 7.05 Å². The predicted octanol–water partition coefficient (Wildman–Crippen LogP) is 1.39. The number of nitrogens with one attached hydrogen (secondary N) is 1. The Balaban J connectivity index is 2.16. The van der Waals surface area contributed by atoms with Gasteiger partial charge in [-0.3, -0.25) is 14.2 Å². The summed E-state index contributed by atoms with van der Waals surface area (Å²) in [5.41, 5.74) is -0.0831. The Kier molecular flexibility index (Phi) is 4.39. The molecule has 0 aliphatic heterocycles. The minimum Gasteiger partial charge on any atom is -0.352 e. The molecule has 0 aliphatic carbocycles. The first-order valence-corrected chi connectivity index (χ1v) is 7.44. The first kappa shape index (κ1) is 13.8. The fourth-order valence-electron chi connectivity index (χ4n) is 1.48. The lowest BCUT2D eigenvalue weighted by molar-refractivity contribution is -0.118. The van der Waals surface area contributed by atoms with Gasteiger partial charge in [-0.25, -0.2) is 4.98 Å². The monoisotopic (exact) mass is 295 g/mol. The zero-order valence-corrected chi connectivity index (χ0v) is 12.0. The Morgan fingerprint density at radius 2 is 2.47 bits per heavy atom. The van der Waals surface area contributed by atoms with Crippen molar-refractivity contribution >= 4 is 39.2 Å². The van der Waals surface area contributed by atoms with Gasteiger partial charge in [0.1, 0.15) is 4.83 Å². The highest BCUT2D eigenvalue weighted by molar-refractivity contribution is 7.99. The van der Waals surface area contributed by atoms with Gasteiger partial charge in [-0.2, -0.15) is 0 Å². The molecule has 0 aliphatic rings. The molecule has 0 saturated carbocycles. The van der Waals surface area contributed by atoms with Crippen molar-refractivity contribution in [1.29, 1.82) is 0 Å². The van der Waals surface area contributed by atoms with Crippen molar-refractivity contribution < 1.29 is 4.79 Å². The van der Waals surface area contributed by atoms with Gasteiger partial charge in [0.05, 0.1) is 11.1 Å². The van der Waals surface area contributed by atoms with Crippen molar-refractivity contribution in [3.63, 3.8) is 0 Å². The number of thioether (sulfide) groups is 1. The van der Waals surface area contributed by atoms with Crippen LogP contribution in [0.1, 0.15) is 0 Å². The van der Waals surface area contributed by atoms with E-state index < -0.39 is 0 Å². The van der Waals surface area contributed by atoms with E-state index in [1.54, 1.807) is 19.2 Å². The maximum atomic E-state index is 12.0. The maximum Gasteiger partial charge on any atom is 0.262 e. The number of amides is 1. The summed E-state index contributed by atoms with van der Waals surface area (Å²) in [5.74, 6) is 0.121. The smallest absolute Gasteiger partial charge is 0.262 e. The maximum absolute atomic E-state index is 12.0. The molecule has 2 aromatic rings. The van der Waals surface area contributed by atoms with Gasteiger partial charge in [0.25, 0.3) is 5.56 Å². The summed E-state index contributed by atoms with van der Waals surface area (Å²) in [6, 6.07) is 1.76. The highest BCUT2D eigenvalue weighted by atomic mass is 32.2. The van der Waals surface area contributed by atoms with Gasteiger partial charge in [-0.05, 0) is 11.4 Å². The van der Waals surface area contributed by atoms with Crippen molar-refractivity contribution in [1.82, 2.24) is 14.9 Å². The molecule has 0 atom stereocenters. The molecular weight excluding hydrogens is 282 g/mol. The van der Waals surface area contributed by atoms with Crippen LogP contribution < -0.4 is 10.9 Å².